The normalized spacial score (nSPS) is 25.7. The first-order valence-electron chi connectivity index (χ1n) is 12.3. The fourth-order valence-electron chi connectivity index (χ4n) is 4.98. The Morgan fingerprint density at radius 3 is 2.29 bits per heavy atom. The third-order valence-electron chi connectivity index (χ3n) is 7.06. The molecule has 1 aliphatic heterocycles. The molecule has 0 spiro atoms. The van der Waals surface area contributed by atoms with Crippen LogP contribution in [0.1, 0.15) is 75.7 Å². The highest BCUT2D eigenvalue weighted by Gasteiger charge is 2.47. The van der Waals surface area contributed by atoms with E-state index in [-0.39, 0.29) is 18.1 Å². The second-order valence-corrected chi connectivity index (χ2v) is 16.2. The molecule has 0 saturated carbocycles. The number of halogens is 1. The maximum atomic E-state index is 7.29. The molecule has 1 rings (SSSR count). The fourth-order valence-corrected chi connectivity index (χ4v) is 9.57. The topological polar surface area (TPSA) is 27.7 Å². The minimum absolute atomic E-state index is 0.0411. The maximum absolute atomic E-state index is 7.29. The molecular weight excluding hydrogens is 515 g/mol. The first kappa shape index (κ1) is 29.3. The zero-order chi connectivity index (χ0) is 23.8. The van der Waals surface area contributed by atoms with Crippen molar-refractivity contribution in [2.45, 2.75) is 111 Å². The van der Waals surface area contributed by atoms with Crippen molar-refractivity contribution in [2.75, 3.05) is 11.0 Å². The molecule has 0 bridgehead atoms. The van der Waals surface area contributed by atoms with E-state index in [1.54, 1.807) is 0 Å². The van der Waals surface area contributed by atoms with Crippen molar-refractivity contribution >= 4 is 30.9 Å². The second kappa shape index (κ2) is 13.3. The summed E-state index contributed by atoms with van der Waals surface area (Å²) >= 11 is 2.48. The highest BCUT2D eigenvalue weighted by atomic mass is 127. The van der Waals surface area contributed by atoms with E-state index in [9.17, 15) is 0 Å². The van der Waals surface area contributed by atoms with Gasteiger partial charge in [0.25, 0.3) is 0 Å². The molecule has 182 valence electrons. The molecule has 1 fully saturated rings. The SMILES string of the molecule is C/C=C\[C@H](C)/C=C(\C)[C@@H](O[Si](CC)(CC)C(C)C)[C@H]1COC(C)(C)O[C@@H]1[C@H](C)CCI. The van der Waals surface area contributed by atoms with E-state index in [1.807, 2.05) is 13.8 Å². The van der Waals surface area contributed by atoms with Gasteiger partial charge in [0.15, 0.2) is 14.1 Å². The lowest BCUT2D eigenvalue weighted by atomic mass is 9.83. The average Bonchev–Trinajstić information content (AvgIpc) is 2.69. The number of hydrogen-bond acceptors (Lipinski definition) is 3. The molecule has 31 heavy (non-hydrogen) atoms. The van der Waals surface area contributed by atoms with Gasteiger partial charge in [-0.05, 0) is 73.6 Å². The highest BCUT2D eigenvalue weighted by molar-refractivity contribution is 14.1. The Kier molecular flexibility index (Phi) is 12.5. The van der Waals surface area contributed by atoms with Crippen LogP contribution in [0.4, 0.5) is 0 Å². The predicted octanol–water partition coefficient (Wildman–Crippen LogP) is 8.15. The molecule has 0 N–H and O–H groups in total. The Morgan fingerprint density at radius 1 is 1.19 bits per heavy atom. The molecule has 0 aromatic heterocycles. The third kappa shape index (κ3) is 8.23. The van der Waals surface area contributed by atoms with Crippen LogP contribution < -0.4 is 0 Å². The molecule has 0 aliphatic carbocycles. The molecule has 1 aliphatic rings. The van der Waals surface area contributed by atoms with Gasteiger partial charge in [-0.25, -0.2) is 0 Å². The summed E-state index contributed by atoms with van der Waals surface area (Å²) in [5, 5.41) is 0. The zero-order valence-corrected chi connectivity index (χ0v) is 25.0. The van der Waals surface area contributed by atoms with Crippen molar-refractivity contribution in [2.24, 2.45) is 17.8 Å². The molecule has 0 amide bonds. The van der Waals surface area contributed by atoms with Crippen molar-refractivity contribution in [1.29, 1.82) is 0 Å². The van der Waals surface area contributed by atoms with Crippen LogP contribution in [-0.4, -0.2) is 37.3 Å². The van der Waals surface area contributed by atoms with Gasteiger partial charge in [-0.3, -0.25) is 0 Å². The standard InChI is InChI=1S/C26H49IO3Si/c1-11-14-20(6)17-22(8)25(30-31(12-2,13-3)19(4)5)23-18-28-26(9,10)29-24(23)21(7)15-16-27/h11,14,17,19-21,23-25H,12-13,15-16,18H2,1-10H3/b14-11-,22-17+/t20-,21+,23-,24+,25+/m0/s1. The van der Waals surface area contributed by atoms with Gasteiger partial charge >= 0.3 is 0 Å². The Bertz CT molecular complexity index is 583. The van der Waals surface area contributed by atoms with E-state index in [4.69, 9.17) is 13.9 Å². The van der Waals surface area contributed by atoms with Gasteiger partial charge in [-0.2, -0.15) is 0 Å². The van der Waals surface area contributed by atoms with Crippen LogP contribution in [0.5, 0.6) is 0 Å². The molecule has 0 aromatic carbocycles. The van der Waals surface area contributed by atoms with E-state index in [1.165, 1.54) is 5.57 Å². The van der Waals surface area contributed by atoms with Crippen molar-refractivity contribution in [3.8, 4) is 0 Å². The molecule has 5 atom stereocenters. The number of alkyl halides is 1. The van der Waals surface area contributed by atoms with Gasteiger partial charge in [0.2, 0.25) is 0 Å². The van der Waals surface area contributed by atoms with Crippen molar-refractivity contribution in [1.82, 2.24) is 0 Å². The van der Waals surface area contributed by atoms with Crippen LogP contribution in [0.25, 0.3) is 0 Å². The predicted molar refractivity (Wildman–Crippen MR) is 145 cm³/mol. The minimum atomic E-state index is -1.89. The monoisotopic (exact) mass is 564 g/mol. The summed E-state index contributed by atoms with van der Waals surface area (Å²) in [5.41, 5.74) is 1.91. The first-order chi connectivity index (χ1) is 14.5. The van der Waals surface area contributed by atoms with Crippen LogP contribution in [0, 0.1) is 17.8 Å². The number of hydrogen-bond donors (Lipinski definition) is 0. The lowest BCUT2D eigenvalue weighted by Crippen LogP contribution is -2.55. The highest BCUT2D eigenvalue weighted by Crippen LogP contribution is 2.40. The zero-order valence-electron chi connectivity index (χ0n) is 21.8. The maximum Gasteiger partial charge on any atom is 0.195 e. The summed E-state index contributed by atoms with van der Waals surface area (Å²) in [6.07, 6.45) is 8.10. The third-order valence-corrected chi connectivity index (χ3v) is 12.9. The summed E-state index contributed by atoms with van der Waals surface area (Å²) in [4.78, 5) is 0. The fraction of sp³-hybridized carbons (Fsp3) is 0.846. The van der Waals surface area contributed by atoms with Crippen molar-refractivity contribution in [3.63, 3.8) is 0 Å². The van der Waals surface area contributed by atoms with Gasteiger partial charge in [0.05, 0.1) is 18.8 Å². The molecule has 1 heterocycles. The van der Waals surface area contributed by atoms with Gasteiger partial charge < -0.3 is 13.9 Å². The summed E-state index contributed by atoms with van der Waals surface area (Å²) < 4.78 is 21.3. The van der Waals surface area contributed by atoms with E-state index in [0.717, 1.165) is 22.9 Å². The average molecular weight is 565 g/mol. The summed E-state index contributed by atoms with van der Waals surface area (Å²) in [5.74, 6) is 0.532. The molecule has 1 saturated heterocycles. The number of ether oxygens (including phenoxy) is 2. The van der Waals surface area contributed by atoms with Gasteiger partial charge in [-0.15, -0.1) is 0 Å². The summed E-state index contributed by atoms with van der Waals surface area (Å²) in [7, 11) is -1.89. The lowest BCUT2D eigenvalue weighted by Gasteiger charge is -2.49. The first-order valence-corrected chi connectivity index (χ1v) is 16.3. The Balaban J connectivity index is 3.44. The molecule has 3 nitrogen and oxygen atoms in total. The second-order valence-electron chi connectivity index (χ2n) is 10.2. The van der Waals surface area contributed by atoms with Crippen LogP contribution in [0.3, 0.4) is 0 Å². The largest absolute Gasteiger partial charge is 0.410 e. The van der Waals surface area contributed by atoms with E-state index in [2.05, 4.69) is 96.2 Å². The van der Waals surface area contributed by atoms with E-state index >= 15 is 0 Å². The van der Waals surface area contributed by atoms with Gasteiger partial charge in [0.1, 0.15) is 0 Å². The minimum Gasteiger partial charge on any atom is -0.410 e. The van der Waals surface area contributed by atoms with E-state index in [0.29, 0.717) is 24.0 Å². The van der Waals surface area contributed by atoms with Crippen LogP contribution >= 0.6 is 22.6 Å². The Morgan fingerprint density at radius 2 is 1.81 bits per heavy atom. The van der Waals surface area contributed by atoms with Crippen LogP contribution in [0.2, 0.25) is 17.6 Å². The number of allylic oxidation sites excluding steroid dienone is 3. The van der Waals surface area contributed by atoms with Crippen molar-refractivity contribution in [3.05, 3.63) is 23.8 Å². The molecule has 0 aromatic rings. The van der Waals surface area contributed by atoms with E-state index < -0.39 is 14.1 Å². The van der Waals surface area contributed by atoms with Gasteiger partial charge in [-0.1, -0.05) is 82.4 Å². The van der Waals surface area contributed by atoms with Crippen LogP contribution in [0.15, 0.2) is 23.8 Å². The summed E-state index contributed by atoms with van der Waals surface area (Å²) in [6, 6.07) is 2.28. The van der Waals surface area contributed by atoms with Crippen LogP contribution in [-0.2, 0) is 13.9 Å². The lowest BCUT2D eigenvalue weighted by molar-refractivity contribution is -0.308. The quantitative estimate of drug-likeness (QED) is 0.104. The Labute approximate surface area is 208 Å². The summed E-state index contributed by atoms with van der Waals surface area (Å²) in [6.45, 7) is 23.1. The smallest absolute Gasteiger partial charge is 0.195 e. The molecular formula is C26H49IO3Si. The molecule has 0 unspecified atom stereocenters. The number of rotatable bonds is 12. The molecule has 5 heteroatoms. The molecule has 0 radical (unpaired) electrons. The van der Waals surface area contributed by atoms with Crippen molar-refractivity contribution < 1.29 is 13.9 Å². The van der Waals surface area contributed by atoms with Gasteiger partial charge in [0, 0.05) is 5.92 Å². The Hall–Kier alpha value is 0.307.